The van der Waals surface area contributed by atoms with E-state index in [1.807, 2.05) is 19.9 Å². The Kier molecular flexibility index (Phi) is 23.4. The van der Waals surface area contributed by atoms with E-state index in [-0.39, 0.29) is 0 Å². The Bertz CT molecular complexity index is 1330. The lowest BCUT2D eigenvalue weighted by Gasteiger charge is -2.21. The molecule has 256 valence electrons. The Balaban J connectivity index is 0. The number of aryl methyl sites for hydroxylation is 6. The minimum Gasteiger partial charge on any atom is -0.106 e. The van der Waals surface area contributed by atoms with Crippen molar-refractivity contribution in [1.29, 1.82) is 0 Å². The van der Waals surface area contributed by atoms with Crippen molar-refractivity contribution >= 4 is 5.57 Å². The smallest absolute Gasteiger partial charge is 0.0110 e. The number of rotatable bonds is 8. The summed E-state index contributed by atoms with van der Waals surface area (Å²) in [5, 5.41) is 0. The van der Waals surface area contributed by atoms with E-state index in [1.54, 1.807) is 0 Å². The molecule has 0 N–H and O–H groups in total. The van der Waals surface area contributed by atoms with Crippen LogP contribution in [0, 0.1) is 33.1 Å². The summed E-state index contributed by atoms with van der Waals surface area (Å²) in [4.78, 5) is 0. The monoisotopic (exact) mass is 633 g/mol. The summed E-state index contributed by atoms with van der Waals surface area (Å²) < 4.78 is 0. The van der Waals surface area contributed by atoms with E-state index in [0.29, 0.717) is 11.3 Å². The van der Waals surface area contributed by atoms with Crippen LogP contribution >= 0.6 is 0 Å². The van der Waals surface area contributed by atoms with Crippen molar-refractivity contribution in [3.63, 3.8) is 0 Å². The van der Waals surface area contributed by atoms with Gasteiger partial charge in [-0.2, -0.15) is 0 Å². The normalized spacial score (nSPS) is 12.5. The van der Waals surface area contributed by atoms with Gasteiger partial charge in [0.2, 0.25) is 0 Å². The fourth-order valence-corrected chi connectivity index (χ4v) is 5.39. The summed E-state index contributed by atoms with van der Waals surface area (Å²) in [6, 6.07) is 22.1. The molecule has 4 rings (SSSR count). The van der Waals surface area contributed by atoms with Gasteiger partial charge in [0, 0.05) is 11.3 Å². The Labute approximate surface area is 292 Å². The molecule has 1 unspecified atom stereocenters. The highest BCUT2D eigenvalue weighted by Crippen LogP contribution is 2.55. The summed E-state index contributed by atoms with van der Waals surface area (Å²) in [6.45, 7) is 47.4. The summed E-state index contributed by atoms with van der Waals surface area (Å²) in [6.07, 6.45) is 8.82. The third-order valence-corrected chi connectivity index (χ3v) is 8.56. The van der Waals surface area contributed by atoms with Gasteiger partial charge < -0.3 is 0 Å². The van der Waals surface area contributed by atoms with Crippen LogP contribution < -0.4 is 0 Å². The molecule has 0 heteroatoms. The molecule has 0 bridgehead atoms. The van der Waals surface area contributed by atoms with Crippen LogP contribution in [0.15, 0.2) is 130 Å². The average molecular weight is 633 g/mol. The van der Waals surface area contributed by atoms with E-state index in [0.717, 1.165) is 12.8 Å². The van der Waals surface area contributed by atoms with Crippen LogP contribution in [0.5, 0.6) is 0 Å². The molecule has 0 heterocycles. The maximum absolute atomic E-state index is 3.95. The van der Waals surface area contributed by atoms with Gasteiger partial charge in [0.25, 0.3) is 0 Å². The first-order valence-electron chi connectivity index (χ1n) is 17.3. The molecule has 3 aromatic rings. The topological polar surface area (TPSA) is 0 Å². The van der Waals surface area contributed by atoms with Crippen LogP contribution in [-0.4, -0.2) is 0 Å². The minimum absolute atomic E-state index is 0.347. The van der Waals surface area contributed by atoms with E-state index >= 15 is 0 Å². The molecule has 0 amide bonds. The maximum atomic E-state index is 3.95. The lowest BCUT2D eigenvalue weighted by Crippen LogP contribution is -2.03. The highest BCUT2D eigenvalue weighted by molar-refractivity contribution is 5.75. The third kappa shape index (κ3) is 14.6. The Morgan fingerprint density at radius 3 is 1.36 bits per heavy atom. The predicted octanol–water partition coefficient (Wildman–Crippen LogP) is 14.7. The van der Waals surface area contributed by atoms with Crippen LogP contribution in [0.3, 0.4) is 0 Å². The van der Waals surface area contributed by atoms with Gasteiger partial charge in [-0.05, 0) is 101 Å². The minimum atomic E-state index is 0.347. The van der Waals surface area contributed by atoms with Gasteiger partial charge in [0.05, 0.1) is 0 Å². The average Bonchev–Trinajstić information content (AvgIpc) is 3.92. The molecule has 1 fully saturated rings. The zero-order valence-corrected chi connectivity index (χ0v) is 32.3. The molecule has 1 aliphatic carbocycles. The highest BCUT2D eigenvalue weighted by Gasteiger charge is 2.43. The molecule has 0 saturated heterocycles. The van der Waals surface area contributed by atoms with Crippen molar-refractivity contribution in [1.82, 2.24) is 0 Å². The van der Waals surface area contributed by atoms with E-state index in [1.165, 1.54) is 74.1 Å². The van der Waals surface area contributed by atoms with E-state index in [4.69, 9.17) is 0 Å². The lowest BCUT2D eigenvalue weighted by molar-refractivity contribution is 0.732. The second-order valence-electron chi connectivity index (χ2n) is 11.9. The van der Waals surface area contributed by atoms with Crippen molar-refractivity contribution in [2.24, 2.45) is 5.41 Å². The zero-order chi connectivity index (χ0) is 36.7. The van der Waals surface area contributed by atoms with Gasteiger partial charge >= 0.3 is 0 Å². The van der Waals surface area contributed by atoms with Crippen LogP contribution in [0.25, 0.3) is 5.57 Å². The molecule has 0 aromatic heterocycles. The standard InChI is InChI=1S/C24H30.C9H14.C8H10.C2H6.2C2H4/c1-7-10-23(19(6)22-13-11-17(4)12-14-22)24-16-21(9-3)20(8-2)15-18(24)5;1-7(2)9(5-6-9)8(3)4;1-7-3-5-8(2)6-4-7;3*1-2/h7,10-16,19H,1,8-9H2,2-6H3;1,3,5-6H2,2,4H3;3-6H,1-2H3;1-2H3;2*1-2H2/b23-10-;;;;;. The number of hydrogen-bond donors (Lipinski definition) is 0. The third-order valence-electron chi connectivity index (χ3n) is 8.56. The predicted molar refractivity (Wildman–Crippen MR) is 219 cm³/mol. The highest BCUT2D eigenvalue weighted by atomic mass is 14.5. The van der Waals surface area contributed by atoms with E-state index in [2.05, 4.69) is 175 Å². The number of benzene rings is 3. The van der Waals surface area contributed by atoms with Gasteiger partial charge in [0.1, 0.15) is 0 Å². The lowest BCUT2D eigenvalue weighted by atomic mass is 9.83. The molecule has 3 aromatic carbocycles. The van der Waals surface area contributed by atoms with Crippen molar-refractivity contribution in [2.75, 3.05) is 0 Å². The zero-order valence-electron chi connectivity index (χ0n) is 32.3. The molecule has 1 atom stereocenters. The summed E-state index contributed by atoms with van der Waals surface area (Å²) in [7, 11) is 0. The van der Waals surface area contributed by atoms with Crippen molar-refractivity contribution < 1.29 is 0 Å². The molecule has 0 radical (unpaired) electrons. The second-order valence-corrected chi connectivity index (χ2v) is 11.9. The molecule has 0 spiro atoms. The molecule has 1 saturated carbocycles. The fourth-order valence-electron chi connectivity index (χ4n) is 5.39. The first-order valence-corrected chi connectivity index (χ1v) is 17.3. The van der Waals surface area contributed by atoms with Crippen LogP contribution in [0.4, 0.5) is 0 Å². The molecular weight excluding hydrogens is 565 g/mol. The second kappa shape index (κ2) is 24.3. The van der Waals surface area contributed by atoms with E-state index < -0.39 is 0 Å². The van der Waals surface area contributed by atoms with Crippen LogP contribution in [0.1, 0.15) is 112 Å². The summed E-state index contributed by atoms with van der Waals surface area (Å²) in [5.74, 6) is 0.347. The summed E-state index contributed by atoms with van der Waals surface area (Å²) >= 11 is 0. The van der Waals surface area contributed by atoms with Crippen molar-refractivity contribution in [3.05, 3.63) is 175 Å². The quantitative estimate of drug-likeness (QED) is 0.171. The van der Waals surface area contributed by atoms with Gasteiger partial charge in [-0.15, -0.1) is 26.3 Å². The number of hydrogen-bond acceptors (Lipinski definition) is 0. The molecule has 1 aliphatic rings. The van der Waals surface area contributed by atoms with Gasteiger partial charge in [-0.3, -0.25) is 0 Å². The maximum Gasteiger partial charge on any atom is 0.0110 e. The van der Waals surface area contributed by atoms with E-state index in [9.17, 15) is 0 Å². The summed E-state index contributed by atoms with van der Waals surface area (Å²) in [5.41, 5.74) is 15.2. The Hall–Kier alpha value is -3.90. The first-order chi connectivity index (χ1) is 22.4. The first kappa shape index (κ1) is 45.2. The SMILES string of the molecule is C=C.C=C.C=C(C)C1(C(=C)C)CC1.C=C/C=C(\c1cc(CC)c(CC)cc1C)C(C)c1ccc(C)cc1.CC.Cc1ccc(C)cc1. The fraction of sp³-hybridized carbons (Fsp3) is 0.362. The van der Waals surface area contributed by atoms with Crippen LogP contribution in [-0.2, 0) is 12.8 Å². The molecule has 0 aliphatic heterocycles. The van der Waals surface area contributed by atoms with Gasteiger partial charge in [-0.1, -0.05) is 155 Å². The van der Waals surface area contributed by atoms with Crippen LogP contribution in [0.2, 0.25) is 0 Å². The van der Waals surface area contributed by atoms with Gasteiger partial charge in [-0.25, -0.2) is 0 Å². The number of allylic oxidation sites excluding steroid dienone is 5. The van der Waals surface area contributed by atoms with Crippen molar-refractivity contribution in [3.8, 4) is 0 Å². The Morgan fingerprint density at radius 2 is 1.06 bits per heavy atom. The Morgan fingerprint density at radius 1 is 0.702 bits per heavy atom. The molecule has 47 heavy (non-hydrogen) atoms. The van der Waals surface area contributed by atoms with Crippen molar-refractivity contribution in [2.45, 2.75) is 108 Å². The molecular formula is C47H68. The largest absolute Gasteiger partial charge is 0.106 e. The van der Waals surface area contributed by atoms with Gasteiger partial charge in [0.15, 0.2) is 0 Å². The molecule has 0 nitrogen and oxygen atoms in total.